The first-order valence-electron chi connectivity index (χ1n) is 7.65. The smallest absolute Gasteiger partial charge is 0.334 e. The van der Waals surface area contributed by atoms with Crippen molar-refractivity contribution in [3.63, 3.8) is 0 Å². The van der Waals surface area contributed by atoms with Crippen LogP contribution in [-0.4, -0.2) is 30.4 Å². The molecule has 0 aliphatic rings. The van der Waals surface area contributed by atoms with Gasteiger partial charge in [0.1, 0.15) is 5.82 Å². The van der Waals surface area contributed by atoms with Crippen molar-refractivity contribution in [2.75, 3.05) is 6.61 Å². The van der Waals surface area contributed by atoms with Gasteiger partial charge in [0, 0.05) is 10.8 Å². The molecule has 7 heteroatoms. The molecule has 1 aromatic carbocycles. The van der Waals surface area contributed by atoms with Gasteiger partial charge in [-0.3, -0.25) is 0 Å². The van der Waals surface area contributed by atoms with Crippen LogP contribution in [0.5, 0.6) is 0 Å². The van der Waals surface area contributed by atoms with Crippen LogP contribution in [0.3, 0.4) is 0 Å². The molecule has 0 saturated carbocycles. The quantitative estimate of drug-likeness (QED) is 0.264. The summed E-state index contributed by atoms with van der Waals surface area (Å²) in [6.45, 7) is 9.69. The van der Waals surface area contributed by atoms with Crippen molar-refractivity contribution in [3.8, 4) is 0 Å². The standard InChI is InChI=1S/C17H24BFO3PS/c1-6-21-14(20)8-7-11-9-12(19)15(13(23)10-11)18-22-16(2,3)17(4,5)24/h7-10,24H,6,23H2,1-5H3/b8-7+. The Morgan fingerprint density at radius 3 is 2.50 bits per heavy atom. The van der Waals surface area contributed by atoms with Crippen LogP contribution >= 0.6 is 21.9 Å². The van der Waals surface area contributed by atoms with Crippen LogP contribution in [0.1, 0.15) is 40.2 Å². The van der Waals surface area contributed by atoms with Crippen molar-refractivity contribution in [2.45, 2.75) is 45.0 Å². The monoisotopic (exact) mass is 369 g/mol. The van der Waals surface area contributed by atoms with Gasteiger partial charge in [0.25, 0.3) is 0 Å². The third kappa shape index (κ3) is 5.91. The van der Waals surface area contributed by atoms with E-state index in [1.165, 1.54) is 25.7 Å². The highest BCUT2D eigenvalue weighted by Gasteiger charge is 2.35. The molecule has 0 bridgehead atoms. The molecule has 3 nitrogen and oxygen atoms in total. The molecule has 0 fully saturated rings. The molecule has 0 N–H and O–H groups in total. The lowest BCUT2D eigenvalue weighted by Crippen LogP contribution is -2.47. The highest BCUT2D eigenvalue weighted by molar-refractivity contribution is 7.81. The van der Waals surface area contributed by atoms with Crippen LogP contribution in [0.15, 0.2) is 18.2 Å². The number of carbonyl (C=O) groups excluding carboxylic acids is 1. The summed E-state index contributed by atoms with van der Waals surface area (Å²) in [6.07, 6.45) is 2.79. The van der Waals surface area contributed by atoms with Gasteiger partial charge in [-0.2, -0.15) is 12.6 Å². The number of thiol groups is 1. The van der Waals surface area contributed by atoms with Gasteiger partial charge in [0.05, 0.1) is 12.2 Å². The third-order valence-corrected chi connectivity index (χ3v) is 4.84. The van der Waals surface area contributed by atoms with Crippen molar-refractivity contribution < 1.29 is 18.6 Å². The molecule has 1 unspecified atom stereocenters. The maximum absolute atomic E-state index is 14.4. The Morgan fingerprint density at radius 2 is 2.00 bits per heavy atom. The molecule has 24 heavy (non-hydrogen) atoms. The van der Waals surface area contributed by atoms with Gasteiger partial charge in [-0.15, -0.1) is 9.24 Å². The van der Waals surface area contributed by atoms with Crippen molar-refractivity contribution >= 4 is 52.2 Å². The fourth-order valence-electron chi connectivity index (χ4n) is 1.59. The van der Waals surface area contributed by atoms with E-state index in [9.17, 15) is 9.18 Å². The normalized spacial score (nSPS) is 12.5. The van der Waals surface area contributed by atoms with E-state index in [0.29, 0.717) is 22.9 Å². The Kier molecular flexibility index (Phi) is 7.52. The molecule has 1 aromatic rings. The summed E-state index contributed by atoms with van der Waals surface area (Å²) in [6, 6.07) is 3.09. The van der Waals surface area contributed by atoms with Crippen LogP contribution < -0.4 is 10.8 Å². The topological polar surface area (TPSA) is 35.5 Å². The molecular formula is C17H24BFO3PS. The van der Waals surface area contributed by atoms with Gasteiger partial charge in [-0.25, -0.2) is 9.18 Å². The lowest BCUT2D eigenvalue weighted by molar-refractivity contribution is -0.137. The maximum atomic E-state index is 14.4. The van der Waals surface area contributed by atoms with Crippen molar-refractivity contribution in [2.24, 2.45) is 0 Å². The summed E-state index contributed by atoms with van der Waals surface area (Å²) < 4.78 is 24.5. The van der Waals surface area contributed by atoms with E-state index in [0.717, 1.165) is 0 Å². The molecule has 0 aliphatic carbocycles. The number of esters is 1. The zero-order valence-corrected chi connectivity index (χ0v) is 16.8. The molecule has 1 atom stereocenters. The number of carbonyl (C=O) groups is 1. The minimum atomic E-state index is -0.581. The molecule has 0 saturated heterocycles. The van der Waals surface area contributed by atoms with Gasteiger partial charge in [-0.1, -0.05) is 0 Å². The van der Waals surface area contributed by atoms with Crippen LogP contribution in [0, 0.1) is 5.82 Å². The predicted octanol–water partition coefficient (Wildman–Crippen LogP) is 2.65. The first-order valence-corrected chi connectivity index (χ1v) is 8.67. The molecule has 0 aliphatic heterocycles. The van der Waals surface area contributed by atoms with E-state index >= 15 is 0 Å². The van der Waals surface area contributed by atoms with Gasteiger partial charge >= 0.3 is 13.5 Å². The first kappa shape index (κ1) is 21.2. The van der Waals surface area contributed by atoms with E-state index < -0.39 is 22.1 Å². The molecule has 131 valence electrons. The number of hydrogen-bond acceptors (Lipinski definition) is 4. The number of hydrogen-bond donors (Lipinski definition) is 1. The second kappa shape index (κ2) is 8.51. The van der Waals surface area contributed by atoms with E-state index in [-0.39, 0.29) is 0 Å². The second-order valence-corrected chi connectivity index (χ2v) is 8.14. The Labute approximate surface area is 152 Å². The minimum Gasteiger partial charge on any atom is -0.463 e. The van der Waals surface area contributed by atoms with E-state index in [1.807, 2.05) is 27.7 Å². The number of halogens is 1. The summed E-state index contributed by atoms with van der Waals surface area (Å²) in [4.78, 5) is 11.3. The summed E-state index contributed by atoms with van der Waals surface area (Å²) in [7, 11) is 3.89. The average Bonchev–Trinajstić information content (AvgIpc) is 2.43. The maximum Gasteiger partial charge on any atom is 0.334 e. The van der Waals surface area contributed by atoms with E-state index in [1.54, 1.807) is 13.0 Å². The lowest BCUT2D eigenvalue weighted by Gasteiger charge is -2.38. The number of rotatable bonds is 7. The first-order chi connectivity index (χ1) is 11.0. The zero-order valence-electron chi connectivity index (χ0n) is 14.7. The summed E-state index contributed by atoms with van der Waals surface area (Å²) >= 11 is 4.52. The SMILES string of the molecule is CCOC(=O)/C=C/c1cc(F)c([B]OC(C)(C)C(C)(C)S)c(P)c1. The molecule has 0 aromatic heterocycles. The summed E-state index contributed by atoms with van der Waals surface area (Å²) in [5, 5.41) is 0.631. The number of benzene rings is 1. The van der Waals surface area contributed by atoms with Gasteiger partial charge in [0.2, 0.25) is 0 Å². The summed E-state index contributed by atoms with van der Waals surface area (Å²) in [5.74, 6) is -0.890. The Hall–Kier alpha value is -0.835. The Bertz CT molecular complexity index is 604. The van der Waals surface area contributed by atoms with Crippen molar-refractivity contribution in [1.29, 1.82) is 0 Å². The predicted molar refractivity (Wildman–Crippen MR) is 105 cm³/mol. The van der Waals surface area contributed by atoms with Gasteiger partial charge in [-0.05, 0) is 69.2 Å². The zero-order chi connectivity index (χ0) is 18.5. The molecule has 1 rings (SSSR count). The van der Waals surface area contributed by atoms with Crippen LogP contribution in [-0.2, 0) is 14.2 Å². The lowest BCUT2D eigenvalue weighted by atomic mass is 9.83. The van der Waals surface area contributed by atoms with Crippen LogP contribution in [0.25, 0.3) is 6.08 Å². The molecule has 0 spiro atoms. The summed E-state index contributed by atoms with van der Waals surface area (Å²) in [5.41, 5.74) is 0.331. The number of ether oxygens (including phenoxy) is 1. The molecular weight excluding hydrogens is 345 g/mol. The Morgan fingerprint density at radius 1 is 1.38 bits per heavy atom. The van der Waals surface area contributed by atoms with E-state index in [4.69, 9.17) is 9.39 Å². The second-order valence-electron chi connectivity index (χ2n) is 6.40. The third-order valence-electron chi connectivity index (χ3n) is 3.83. The van der Waals surface area contributed by atoms with Crippen LogP contribution in [0.4, 0.5) is 4.39 Å². The average molecular weight is 369 g/mol. The fourth-order valence-corrected chi connectivity index (χ4v) is 2.04. The Balaban J connectivity index is 2.91. The van der Waals surface area contributed by atoms with Crippen molar-refractivity contribution in [1.82, 2.24) is 0 Å². The van der Waals surface area contributed by atoms with Gasteiger partial charge in [0.15, 0.2) is 0 Å². The molecule has 0 heterocycles. The molecule has 0 amide bonds. The highest BCUT2D eigenvalue weighted by Crippen LogP contribution is 2.30. The minimum absolute atomic E-state index is 0.301. The van der Waals surface area contributed by atoms with Crippen LogP contribution in [0.2, 0.25) is 0 Å². The highest BCUT2D eigenvalue weighted by atomic mass is 32.1. The van der Waals surface area contributed by atoms with Gasteiger partial charge < -0.3 is 9.39 Å². The van der Waals surface area contributed by atoms with Crippen molar-refractivity contribution in [3.05, 3.63) is 29.6 Å². The largest absolute Gasteiger partial charge is 0.463 e. The fraction of sp³-hybridized carbons (Fsp3) is 0.471. The molecule has 1 radical (unpaired) electrons. The van der Waals surface area contributed by atoms with E-state index in [2.05, 4.69) is 21.9 Å².